The smallest absolute Gasteiger partial charge is 0.373 e. The average Bonchev–Trinajstić information content (AvgIpc) is 2.36. The number of rotatable bonds is 5. The van der Waals surface area contributed by atoms with Crippen molar-refractivity contribution in [3.8, 4) is 5.75 Å². The van der Waals surface area contributed by atoms with Crippen molar-refractivity contribution in [3.05, 3.63) is 28.2 Å². The first-order chi connectivity index (χ1) is 10.1. The zero-order valence-corrected chi connectivity index (χ0v) is 16.0. The quantitative estimate of drug-likeness (QED) is 0.555. The van der Waals surface area contributed by atoms with E-state index in [9.17, 15) is 0 Å². The highest BCUT2D eigenvalue weighted by atomic mass is 35.5. The van der Waals surface area contributed by atoms with Crippen LogP contribution < -0.4 is 4.74 Å². The molecule has 7 heteroatoms. The third kappa shape index (κ3) is 6.94. The van der Waals surface area contributed by atoms with Gasteiger partial charge in [0.25, 0.3) is 0 Å². The maximum atomic E-state index is 8.12. The van der Waals surface area contributed by atoms with Gasteiger partial charge >= 0.3 is 6.15 Å². The lowest BCUT2D eigenvalue weighted by Gasteiger charge is -2.36. The summed E-state index contributed by atoms with van der Waals surface area (Å²) in [7, 11) is -1.72. The van der Waals surface area contributed by atoms with Gasteiger partial charge in [0, 0.05) is 0 Å². The van der Waals surface area contributed by atoms with Crippen LogP contribution in [0.15, 0.2) is 18.2 Å². The SMILES string of the molecule is CC(C)(C)[Si](C)(C)OCCOc1c(Cl)cccc1Cl.O=C=O. The number of ether oxygens (including phenoxy) is 1. The molecule has 0 saturated heterocycles. The Morgan fingerprint density at radius 2 is 1.55 bits per heavy atom. The van der Waals surface area contributed by atoms with Gasteiger partial charge in [0.1, 0.15) is 6.61 Å². The molecule has 124 valence electrons. The van der Waals surface area contributed by atoms with Crippen molar-refractivity contribution in [1.29, 1.82) is 0 Å². The summed E-state index contributed by atoms with van der Waals surface area (Å²) in [6.45, 7) is 12.1. The zero-order chi connectivity index (χ0) is 17.4. The third-order valence-corrected chi connectivity index (χ3v) is 8.65. The molecule has 1 aromatic rings. The van der Waals surface area contributed by atoms with Crippen molar-refractivity contribution in [2.75, 3.05) is 13.2 Å². The summed E-state index contributed by atoms with van der Waals surface area (Å²) in [4.78, 5) is 16.2. The van der Waals surface area contributed by atoms with E-state index in [1.807, 2.05) is 0 Å². The van der Waals surface area contributed by atoms with E-state index >= 15 is 0 Å². The Balaban J connectivity index is 0.00000135. The van der Waals surface area contributed by atoms with Crippen molar-refractivity contribution in [3.63, 3.8) is 0 Å². The van der Waals surface area contributed by atoms with Crippen LogP contribution >= 0.6 is 23.2 Å². The summed E-state index contributed by atoms with van der Waals surface area (Å²) in [6.07, 6.45) is 0.250. The molecule has 0 aromatic heterocycles. The molecule has 0 bridgehead atoms. The van der Waals surface area contributed by atoms with Crippen LogP contribution in [-0.2, 0) is 14.0 Å². The molecular formula is C15H22Cl2O4Si. The number of hydrogen-bond acceptors (Lipinski definition) is 4. The first kappa shape index (κ1) is 21.2. The standard InChI is InChI=1S/C14H22Cl2O2Si.CO2/c1-14(2,3)19(4,5)18-10-9-17-13-11(15)7-6-8-12(13)16;2-1-3/h6-8H,9-10H2,1-5H3;. The maximum Gasteiger partial charge on any atom is 0.373 e. The van der Waals surface area contributed by atoms with E-state index < -0.39 is 8.32 Å². The lowest BCUT2D eigenvalue weighted by Crippen LogP contribution is -2.41. The second kappa shape index (κ2) is 9.33. The van der Waals surface area contributed by atoms with Crippen LogP contribution in [0.1, 0.15) is 20.8 Å². The second-order valence-electron chi connectivity index (χ2n) is 6.09. The molecule has 22 heavy (non-hydrogen) atoms. The lowest BCUT2D eigenvalue weighted by atomic mass is 10.2. The van der Waals surface area contributed by atoms with Crippen LogP contribution in [0, 0.1) is 0 Å². The molecule has 0 radical (unpaired) electrons. The summed E-state index contributed by atoms with van der Waals surface area (Å²) in [5.74, 6) is 0.532. The summed E-state index contributed by atoms with van der Waals surface area (Å²) < 4.78 is 11.6. The Kier molecular flexibility index (Phi) is 8.97. The van der Waals surface area contributed by atoms with Gasteiger partial charge in [0.05, 0.1) is 16.7 Å². The number of halogens is 2. The molecular weight excluding hydrogens is 343 g/mol. The molecule has 0 aliphatic rings. The molecule has 0 aliphatic carbocycles. The molecule has 0 spiro atoms. The van der Waals surface area contributed by atoms with Crippen LogP contribution in [0.3, 0.4) is 0 Å². The molecule has 4 nitrogen and oxygen atoms in total. The predicted octanol–water partition coefficient (Wildman–Crippen LogP) is 4.81. The van der Waals surface area contributed by atoms with Crippen molar-refractivity contribution in [2.45, 2.75) is 38.9 Å². The van der Waals surface area contributed by atoms with Gasteiger partial charge in [0.2, 0.25) is 0 Å². The lowest BCUT2D eigenvalue weighted by molar-refractivity contribution is -0.191. The highest BCUT2D eigenvalue weighted by Crippen LogP contribution is 2.36. The minimum absolute atomic E-state index is 0.203. The van der Waals surface area contributed by atoms with E-state index in [0.29, 0.717) is 29.0 Å². The van der Waals surface area contributed by atoms with Gasteiger partial charge in [-0.05, 0) is 30.3 Å². The van der Waals surface area contributed by atoms with Gasteiger partial charge in [-0.2, -0.15) is 9.59 Å². The van der Waals surface area contributed by atoms with E-state index in [1.165, 1.54) is 0 Å². The van der Waals surface area contributed by atoms with E-state index in [1.54, 1.807) is 18.2 Å². The largest absolute Gasteiger partial charge is 0.488 e. The third-order valence-electron chi connectivity index (χ3n) is 3.52. The molecule has 1 aromatic carbocycles. The van der Waals surface area contributed by atoms with Gasteiger partial charge < -0.3 is 9.16 Å². The Bertz CT molecular complexity index is 487. The topological polar surface area (TPSA) is 52.6 Å². The Morgan fingerprint density at radius 1 is 1.09 bits per heavy atom. The first-order valence-corrected chi connectivity index (χ1v) is 10.4. The molecule has 0 N–H and O–H groups in total. The zero-order valence-electron chi connectivity index (χ0n) is 13.5. The van der Waals surface area contributed by atoms with Gasteiger partial charge in [0.15, 0.2) is 14.1 Å². The van der Waals surface area contributed by atoms with Crippen molar-refractivity contribution < 1.29 is 18.8 Å². The predicted molar refractivity (Wildman–Crippen MR) is 90.1 cm³/mol. The molecule has 0 amide bonds. The fraction of sp³-hybridized carbons (Fsp3) is 0.533. The second-order valence-corrected chi connectivity index (χ2v) is 11.7. The van der Waals surface area contributed by atoms with Crippen molar-refractivity contribution >= 4 is 37.7 Å². The molecule has 0 unspecified atom stereocenters. The average molecular weight is 365 g/mol. The summed E-state index contributed by atoms with van der Waals surface area (Å²) >= 11 is 12.1. The number of para-hydroxylation sites is 1. The van der Waals surface area contributed by atoms with Gasteiger partial charge in [-0.25, -0.2) is 0 Å². The summed E-state index contributed by atoms with van der Waals surface area (Å²) in [5, 5.41) is 1.26. The van der Waals surface area contributed by atoms with Crippen LogP contribution in [0.5, 0.6) is 5.75 Å². The van der Waals surface area contributed by atoms with Crippen molar-refractivity contribution in [2.24, 2.45) is 0 Å². The van der Waals surface area contributed by atoms with Gasteiger partial charge in [-0.15, -0.1) is 0 Å². The van der Waals surface area contributed by atoms with Crippen LogP contribution in [0.25, 0.3) is 0 Å². The molecule has 0 fully saturated rings. The molecule has 1 rings (SSSR count). The van der Waals surface area contributed by atoms with Gasteiger partial charge in [-0.3, -0.25) is 0 Å². The van der Waals surface area contributed by atoms with E-state index in [0.717, 1.165) is 0 Å². The first-order valence-electron chi connectivity index (χ1n) is 6.77. The normalized spacial score (nSPS) is 11.2. The molecule has 0 heterocycles. The van der Waals surface area contributed by atoms with Crippen LogP contribution in [0.2, 0.25) is 28.2 Å². The molecule has 0 aliphatic heterocycles. The van der Waals surface area contributed by atoms with Crippen molar-refractivity contribution in [1.82, 2.24) is 0 Å². The minimum Gasteiger partial charge on any atom is -0.488 e. The molecule has 0 saturated carbocycles. The maximum absolute atomic E-state index is 8.12. The highest BCUT2D eigenvalue weighted by molar-refractivity contribution is 6.74. The number of hydrogen-bond donors (Lipinski definition) is 0. The fourth-order valence-corrected chi connectivity index (χ4v) is 2.81. The Morgan fingerprint density at radius 3 is 1.95 bits per heavy atom. The van der Waals surface area contributed by atoms with Crippen LogP contribution in [0.4, 0.5) is 0 Å². The molecule has 0 atom stereocenters. The van der Waals surface area contributed by atoms with Gasteiger partial charge in [-0.1, -0.05) is 50.0 Å². The monoisotopic (exact) mass is 364 g/mol. The van der Waals surface area contributed by atoms with E-state index in [2.05, 4.69) is 33.9 Å². The highest BCUT2D eigenvalue weighted by Gasteiger charge is 2.36. The number of carbonyl (C=O) groups excluding carboxylic acids is 2. The Hall–Kier alpha value is -0.843. The van der Waals surface area contributed by atoms with E-state index in [-0.39, 0.29) is 11.2 Å². The Labute approximate surface area is 142 Å². The summed E-state index contributed by atoms with van der Waals surface area (Å²) in [6, 6.07) is 5.32. The fourth-order valence-electron chi connectivity index (χ4n) is 1.28. The number of benzene rings is 1. The van der Waals surface area contributed by atoms with E-state index in [4.69, 9.17) is 42.0 Å². The van der Waals surface area contributed by atoms with Crippen LogP contribution in [-0.4, -0.2) is 27.7 Å². The summed E-state index contributed by atoms with van der Waals surface area (Å²) in [5.41, 5.74) is 0. The minimum atomic E-state index is -1.72.